The zero-order valence-corrected chi connectivity index (χ0v) is 24.2. The Morgan fingerprint density at radius 3 is 2.39 bits per heavy atom. The van der Waals surface area contributed by atoms with E-state index in [1.54, 1.807) is 19.2 Å². The highest BCUT2D eigenvalue weighted by Crippen LogP contribution is 2.39. The van der Waals surface area contributed by atoms with Gasteiger partial charge in [-0.1, -0.05) is 30.7 Å². The van der Waals surface area contributed by atoms with E-state index < -0.39 is 11.0 Å². The number of likely N-dealkylation sites (tertiary alicyclic amines) is 1. The summed E-state index contributed by atoms with van der Waals surface area (Å²) in [5.74, 6) is 1.36. The summed E-state index contributed by atoms with van der Waals surface area (Å²) >= 11 is 0. The van der Waals surface area contributed by atoms with Gasteiger partial charge in [0.15, 0.2) is 0 Å². The number of fused-ring (bicyclic) bond motifs is 1. The van der Waals surface area contributed by atoms with Gasteiger partial charge in [-0.2, -0.15) is 0 Å². The van der Waals surface area contributed by atoms with Gasteiger partial charge in [0.2, 0.25) is 5.91 Å². The molecule has 3 aliphatic heterocycles. The van der Waals surface area contributed by atoms with Crippen molar-refractivity contribution in [3.8, 4) is 11.5 Å². The average Bonchev–Trinajstić information content (AvgIpc) is 3.00. The minimum Gasteiger partial charge on any atom is -0.495 e. The third-order valence-electron chi connectivity index (χ3n) is 9.08. The summed E-state index contributed by atoms with van der Waals surface area (Å²) in [4.78, 5) is 30.8. The highest BCUT2D eigenvalue weighted by molar-refractivity contribution is 5.96. The quantitative estimate of drug-likeness (QED) is 0.524. The summed E-state index contributed by atoms with van der Waals surface area (Å²) in [5.41, 5.74) is 0.427. The smallest absolute Gasteiger partial charge is 0.255 e. The standard InChI is InChI=1S/C32H44N4O5/c1-40-28-11-5-3-9-26(28)36-21-15-32(39,16-22-36)24-35-19-13-31(14-20-35)12-6-7-17-33-29(37)25-8-2-4-10-27(25)41-23-18-34-30(31)38/h2-5,8-11,39H,6-7,12-24H2,1H3,(H,33,37)(H,34,38). The first kappa shape index (κ1) is 29.2. The summed E-state index contributed by atoms with van der Waals surface area (Å²) in [6, 6.07) is 15.3. The molecule has 0 aliphatic carbocycles. The molecule has 9 nitrogen and oxygen atoms in total. The molecule has 0 atom stereocenters. The summed E-state index contributed by atoms with van der Waals surface area (Å²) in [5, 5.41) is 17.6. The molecule has 2 amide bonds. The van der Waals surface area contributed by atoms with E-state index in [1.165, 1.54) is 0 Å². The second kappa shape index (κ2) is 13.1. The largest absolute Gasteiger partial charge is 0.495 e. The molecule has 2 aromatic rings. The zero-order chi connectivity index (χ0) is 28.7. The molecular formula is C32H44N4O5. The van der Waals surface area contributed by atoms with Gasteiger partial charge in [-0.05, 0) is 75.9 Å². The van der Waals surface area contributed by atoms with Crippen LogP contribution in [0.5, 0.6) is 11.5 Å². The number of piperidine rings is 2. The number of hydrogen-bond acceptors (Lipinski definition) is 7. The fourth-order valence-electron chi connectivity index (χ4n) is 6.54. The number of nitrogens with zero attached hydrogens (tertiary/aromatic N) is 2. The van der Waals surface area contributed by atoms with Crippen LogP contribution in [0, 0.1) is 5.41 Å². The molecule has 0 saturated carbocycles. The number of carbonyl (C=O) groups excluding carboxylic acids is 2. The van der Waals surface area contributed by atoms with Crippen molar-refractivity contribution in [2.75, 3.05) is 64.4 Å². The van der Waals surface area contributed by atoms with Crippen molar-refractivity contribution in [3.05, 3.63) is 54.1 Å². The lowest BCUT2D eigenvalue weighted by atomic mass is 9.73. The summed E-state index contributed by atoms with van der Waals surface area (Å²) in [6.07, 6.45) is 5.39. The maximum Gasteiger partial charge on any atom is 0.255 e. The van der Waals surface area contributed by atoms with Crippen molar-refractivity contribution in [1.82, 2.24) is 15.5 Å². The van der Waals surface area contributed by atoms with Crippen molar-refractivity contribution in [3.63, 3.8) is 0 Å². The molecule has 0 bridgehead atoms. The van der Waals surface area contributed by atoms with Gasteiger partial charge >= 0.3 is 0 Å². The van der Waals surface area contributed by atoms with Crippen molar-refractivity contribution in [1.29, 1.82) is 0 Å². The van der Waals surface area contributed by atoms with Crippen LogP contribution in [0.15, 0.2) is 48.5 Å². The molecule has 0 unspecified atom stereocenters. The predicted octanol–water partition coefficient (Wildman–Crippen LogP) is 3.22. The normalized spacial score (nSPS) is 22.0. The van der Waals surface area contributed by atoms with Crippen LogP contribution >= 0.6 is 0 Å². The minimum absolute atomic E-state index is 0.0963. The Kier molecular flexibility index (Phi) is 9.35. The number of aliphatic hydroxyl groups is 1. The fourth-order valence-corrected chi connectivity index (χ4v) is 6.54. The van der Waals surface area contributed by atoms with Gasteiger partial charge in [0.1, 0.15) is 18.1 Å². The number of β-amino-alcohol motifs (C(OH)–C–C–N with tert-alkyl or cyclic N) is 1. The van der Waals surface area contributed by atoms with Crippen LogP contribution in [-0.2, 0) is 4.79 Å². The van der Waals surface area contributed by atoms with E-state index in [1.807, 2.05) is 30.3 Å². The van der Waals surface area contributed by atoms with Crippen molar-refractivity contribution >= 4 is 17.5 Å². The number of carbonyl (C=O) groups is 2. The minimum atomic E-state index is -0.736. The predicted molar refractivity (Wildman–Crippen MR) is 159 cm³/mol. The van der Waals surface area contributed by atoms with E-state index in [-0.39, 0.29) is 11.8 Å². The molecule has 222 valence electrons. The Labute approximate surface area is 243 Å². The van der Waals surface area contributed by atoms with Crippen molar-refractivity contribution in [2.24, 2.45) is 5.41 Å². The molecule has 3 aliphatic rings. The van der Waals surface area contributed by atoms with E-state index in [0.29, 0.717) is 50.4 Å². The third-order valence-corrected chi connectivity index (χ3v) is 9.08. The SMILES string of the molecule is COc1ccccc1N1CCC(O)(CN2CCC3(CCCCNC(=O)c4ccccc4OCCNC3=O)CC2)CC1. The van der Waals surface area contributed by atoms with E-state index in [4.69, 9.17) is 9.47 Å². The van der Waals surface area contributed by atoms with Gasteiger partial charge in [-0.3, -0.25) is 9.59 Å². The molecule has 2 aromatic carbocycles. The number of para-hydroxylation sites is 3. The van der Waals surface area contributed by atoms with E-state index in [0.717, 1.165) is 69.7 Å². The van der Waals surface area contributed by atoms with E-state index in [2.05, 4.69) is 26.5 Å². The highest BCUT2D eigenvalue weighted by Gasteiger charge is 2.43. The Bertz CT molecular complexity index is 1190. The van der Waals surface area contributed by atoms with Gasteiger partial charge in [0.25, 0.3) is 5.91 Å². The Hall–Kier alpha value is -3.30. The number of anilines is 1. The summed E-state index contributed by atoms with van der Waals surface area (Å²) in [7, 11) is 1.69. The second-order valence-corrected chi connectivity index (χ2v) is 11.8. The first-order chi connectivity index (χ1) is 19.9. The number of hydrogen-bond donors (Lipinski definition) is 3. The van der Waals surface area contributed by atoms with Crippen molar-refractivity contribution < 1.29 is 24.2 Å². The molecular weight excluding hydrogens is 520 g/mol. The Morgan fingerprint density at radius 2 is 1.61 bits per heavy atom. The molecule has 9 heteroatoms. The van der Waals surface area contributed by atoms with E-state index in [9.17, 15) is 14.7 Å². The topological polar surface area (TPSA) is 103 Å². The van der Waals surface area contributed by atoms with Crippen LogP contribution in [0.1, 0.15) is 55.3 Å². The maximum absolute atomic E-state index is 13.5. The van der Waals surface area contributed by atoms with Gasteiger partial charge in [-0.25, -0.2) is 0 Å². The number of nitrogens with one attached hydrogen (secondary N) is 2. The number of rotatable bonds is 4. The second-order valence-electron chi connectivity index (χ2n) is 11.8. The van der Waals surface area contributed by atoms with Gasteiger partial charge in [0, 0.05) is 26.2 Å². The monoisotopic (exact) mass is 564 g/mol. The van der Waals surface area contributed by atoms with Gasteiger partial charge in [0.05, 0.1) is 35.9 Å². The molecule has 0 aromatic heterocycles. The van der Waals surface area contributed by atoms with Crippen LogP contribution in [0.4, 0.5) is 5.69 Å². The molecule has 3 N–H and O–H groups in total. The molecule has 41 heavy (non-hydrogen) atoms. The van der Waals surface area contributed by atoms with Crippen LogP contribution in [0.25, 0.3) is 0 Å². The van der Waals surface area contributed by atoms with Gasteiger partial charge < -0.3 is 35.0 Å². The lowest BCUT2D eigenvalue weighted by Crippen LogP contribution is -2.55. The molecule has 1 spiro atoms. The number of benzene rings is 2. The fraction of sp³-hybridized carbons (Fsp3) is 0.562. The first-order valence-corrected chi connectivity index (χ1v) is 15.0. The average molecular weight is 565 g/mol. The van der Waals surface area contributed by atoms with Crippen LogP contribution in [0.3, 0.4) is 0 Å². The zero-order valence-electron chi connectivity index (χ0n) is 24.2. The van der Waals surface area contributed by atoms with E-state index >= 15 is 0 Å². The highest BCUT2D eigenvalue weighted by atomic mass is 16.5. The third kappa shape index (κ3) is 6.96. The summed E-state index contributed by atoms with van der Waals surface area (Å²) < 4.78 is 11.4. The molecule has 2 saturated heterocycles. The molecule has 2 fully saturated rings. The number of amides is 2. The lowest BCUT2D eigenvalue weighted by Gasteiger charge is -2.45. The Morgan fingerprint density at radius 1 is 0.878 bits per heavy atom. The molecule has 3 heterocycles. The molecule has 0 radical (unpaired) electrons. The first-order valence-electron chi connectivity index (χ1n) is 15.0. The van der Waals surface area contributed by atoms with Crippen LogP contribution in [0.2, 0.25) is 0 Å². The Balaban J connectivity index is 1.15. The number of ether oxygens (including phenoxy) is 2. The van der Waals surface area contributed by atoms with Crippen LogP contribution < -0.4 is 25.0 Å². The summed E-state index contributed by atoms with van der Waals surface area (Å²) in [6.45, 7) is 5.01. The number of methoxy groups -OCH3 is 1. The molecule has 5 rings (SSSR count). The van der Waals surface area contributed by atoms with Gasteiger partial charge in [-0.15, -0.1) is 0 Å². The van der Waals surface area contributed by atoms with Crippen LogP contribution in [-0.4, -0.2) is 87.0 Å². The lowest BCUT2D eigenvalue weighted by molar-refractivity contribution is -0.135. The maximum atomic E-state index is 13.5. The van der Waals surface area contributed by atoms with Crippen molar-refractivity contribution in [2.45, 2.75) is 50.5 Å².